The number of thioether (sulfide) groups is 1. The van der Waals surface area contributed by atoms with Crippen LogP contribution < -0.4 is 10.2 Å². The van der Waals surface area contributed by atoms with Crippen LogP contribution in [0.5, 0.6) is 0 Å². The quantitative estimate of drug-likeness (QED) is 0.674. The Morgan fingerprint density at radius 1 is 1.19 bits per heavy atom. The molecule has 2 aliphatic heterocycles. The van der Waals surface area contributed by atoms with Gasteiger partial charge in [0.05, 0.1) is 11.4 Å². The molecular weight excluding hydrogens is 429 g/mol. The van der Waals surface area contributed by atoms with Crippen molar-refractivity contribution in [1.29, 1.82) is 0 Å². The molecule has 4 rings (SSSR count). The summed E-state index contributed by atoms with van der Waals surface area (Å²) in [4.78, 5) is 40.7. The lowest BCUT2D eigenvalue weighted by Crippen LogP contribution is -2.46. The van der Waals surface area contributed by atoms with Gasteiger partial charge in [-0.15, -0.1) is 0 Å². The van der Waals surface area contributed by atoms with Gasteiger partial charge in [-0.3, -0.25) is 19.3 Å². The van der Waals surface area contributed by atoms with Crippen LogP contribution in [0.15, 0.2) is 53.4 Å². The van der Waals surface area contributed by atoms with Gasteiger partial charge < -0.3 is 10.2 Å². The van der Waals surface area contributed by atoms with Crippen molar-refractivity contribution >= 4 is 40.6 Å². The molecule has 0 unspecified atom stereocenters. The van der Waals surface area contributed by atoms with Crippen LogP contribution in [0.2, 0.25) is 0 Å². The number of nitrogens with zero attached hydrogens (tertiary/aromatic N) is 2. The molecule has 2 heterocycles. The summed E-state index contributed by atoms with van der Waals surface area (Å²) in [5.41, 5.74) is 2.56. The first-order chi connectivity index (χ1) is 15.4. The summed E-state index contributed by atoms with van der Waals surface area (Å²) >= 11 is 0.776. The Morgan fingerprint density at radius 2 is 1.94 bits per heavy atom. The Kier molecular flexibility index (Phi) is 6.60. The number of halogens is 1. The highest BCUT2D eigenvalue weighted by Crippen LogP contribution is 2.32. The first kappa shape index (κ1) is 22.1. The molecular formula is C24H24FN3O3S. The van der Waals surface area contributed by atoms with Gasteiger partial charge in [-0.05, 0) is 55.3 Å². The van der Waals surface area contributed by atoms with E-state index in [1.54, 1.807) is 18.2 Å². The van der Waals surface area contributed by atoms with Crippen LogP contribution in [0.25, 0.3) is 6.08 Å². The van der Waals surface area contributed by atoms with Gasteiger partial charge in [-0.1, -0.05) is 36.4 Å². The normalized spacial score (nSPS) is 19.4. The number of nitrogens with one attached hydrogen (secondary N) is 1. The molecule has 0 saturated carbocycles. The largest absolute Gasteiger partial charge is 0.359 e. The number of amides is 3. The number of fused-ring (bicyclic) bond motifs is 1. The van der Waals surface area contributed by atoms with Crippen LogP contribution in [0, 0.1) is 5.82 Å². The molecule has 1 fully saturated rings. The van der Waals surface area contributed by atoms with Gasteiger partial charge in [0.25, 0.3) is 11.1 Å². The first-order valence-electron chi connectivity index (χ1n) is 10.5. The summed E-state index contributed by atoms with van der Waals surface area (Å²) in [7, 11) is 0. The smallest absolute Gasteiger partial charge is 0.293 e. The third-order valence-electron chi connectivity index (χ3n) is 5.70. The fourth-order valence-electron chi connectivity index (χ4n) is 3.94. The zero-order valence-corrected chi connectivity index (χ0v) is 18.5. The lowest BCUT2D eigenvalue weighted by atomic mass is 9.97. The molecule has 32 heavy (non-hydrogen) atoms. The second-order valence-electron chi connectivity index (χ2n) is 7.85. The summed E-state index contributed by atoms with van der Waals surface area (Å²) in [6, 6.07) is 14.4. The SMILES string of the molecule is C[C@@H]1CCc2ccccc2N1CC(=O)NCCN1C(=O)S/C(=C/c2ccccc2F)C1=O. The minimum atomic E-state index is -0.476. The van der Waals surface area contributed by atoms with Crippen molar-refractivity contribution in [3.05, 3.63) is 70.4 Å². The monoisotopic (exact) mass is 453 g/mol. The van der Waals surface area contributed by atoms with E-state index in [4.69, 9.17) is 0 Å². The van der Waals surface area contributed by atoms with Crippen molar-refractivity contribution in [1.82, 2.24) is 10.2 Å². The minimum Gasteiger partial charge on any atom is -0.359 e. The summed E-state index contributed by atoms with van der Waals surface area (Å²) < 4.78 is 13.9. The average Bonchev–Trinajstić information content (AvgIpc) is 3.04. The third kappa shape index (κ3) is 4.70. The number of benzene rings is 2. The molecule has 6 nitrogen and oxygen atoms in total. The summed E-state index contributed by atoms with van der Waals surface area (Å²) in [5, 5.41) is 2.38. The minimum absolute atomic E-state index is 0.0666. The van der Waals surface area contributed by atoms with E-state index >= 15 is 0 Å². The van der Waals surface area contributed by atoms with Gasteiger partial charge in [0.2, 0.25) is 5.91 Å². The van der Waals surface area contributed by atoms with Crippen molar-refractivity contribution in [2.24, 2.45) is 0 Å². The number of para-hydroxylation sites is 1. The first-order valence-corrected chi connectivity index (χ1v) is 11.4. The lowest BCUT2D eigenvalue weighted by Gasteiger charge is -2.36. The number of hydrogen-bond acceptors (Lipinski definition) is 5. The van der Waals surface area contributed by atoms with Crippen LogP contribution in [0.1, 0.15) is 24.5 Å². The van der Waals surface area contributed by atoms with Gasteiger partial charge in [0.15, 0.2) is 0 Å². The topological polar surface area (TPSA) is 69.7 Å². The van der Waals surface area contributed by atoms with Crippen molar-refractivity contribution in [2.45, 2.75) is 25.8 Å². The molecule has 0 spiro atoms. The van der Waals surface area contributed by atoms with E-state index in [0.29, 0.717) is 0 Å². The highest BCUT2D eigenvalue weighted by Gasteiger charge is 2.35. The van der Waals surface area contributed by atoms with Crippen molar-refractivity contribution in [3.63, 3.8) is 0 Å². The fourth-order valence-corrected chi connectivity index (χ4v) is 4.80. The van der Waals surface area contributed by atoms with Gasteiger partial charge in [-0.2, -0.15) is 0 Å². The molecule has 1 N–H and O–H groups in total. The second-order valence-corrected chi connectivity index (χ2v) is 8.84. The van der Waals surface area contributed by atoms with E-state index in [1.807, 2.05) is 18.2 Å². The zero-order chi connectivity index (χ0) is 22.7. The molecule has 8 heteroatoms. The van der Waals surface area contributed by atoms with E-state index in [0.717, 1.165) is 35.2 Å². The highest BCUT2D eigenvalue weighted by atomic mass is 32.2. The van der Waals surface area contributed by atoms with Crippen LogP contribution in [-0.4, -0.2) is 47.6 Å². The van der Waals surface area contributed by atoms with Crippen molar-refractivity contribution in [2.75, 3.05) is 24.5 Å². The fraction of sp³-hybridized carbons (Fsp3) is 0.292. The van der Waals surface area contributed by atoms with Crippen molar-refractivity contribution in [3.8, 4) is 0 Å². The molecule has 0 radical (unpaired) electrons. The second kappa shape index (κ2) is 9.56. The maximum atomic E-state index is 13.9. The number of carbonyl (C=O) groups is 3. The molecule has 0 bridgehead atoms. The maximum Gasteiger partial charge on any atom is 0.293 e. The predicted molar refractivity (Wildman–Crippen MR) is 124 cm³/mol. The summed E-state index contributed by atoms with van der Waals surface area (Å²) in [6.07, 6.45) is 3.36. The van der Waals surface area contributed by atoms with E-state index in [2.05, 4.69) is 23.2 Å². The summed E-state index contributed by atoms with van der Waals surface area (Å²) in [6.45, 7) is 2.55. The third-order valence-corrected chi connectivity index (χ3v) is 6.61. The maximum absolute atomic E-state index is 13.9. The predicted octanol–water partition coefficient (Wildman–Crippen LogP) is 3.82. The number of carbonyl (C=O) groups excluding carboxylic acids is 3. The molecule has 2 aromatic carbocycles. The summed E-state index contributed by atoms with van der Waals surface area (Å²) in [5.74, 6) is -1.10. The van der Waals surface area contributed by atoms with Crippen LogP contribution in [-0.2, 0) is 16.0 Å². The lowest BCUT2D eigenvalue weighted by molar-refractivity contribution is -0.124. The molecule has 2 aromatic rings. The van der Waals surface area contributed by atoms with E-state index in [9.17, 15) is 18.8 Å². The number of hydrogen-bond donors (Lipinski definition) is 1. The molecule has 0 aromatic heterocycles. The molecule has 3 amide bonds. The van der Waals surface area contributed by atoms with Crippen LogP contribution >= 0.6 is 11.8 Å². The number of aryl methyl sites for hydroxylation is 1. The zero-order valence-electron chi connectivity index (χ0n) is 17.7. The van der Waals surface area contributed by atoms with Gasteiger partial charge in [-0.25, -0.2) is 4.39 Å². The molecule has 1 atom stereocenters. The van der Waals surface area contributed by atoms with Crippen molar-refractivity contribution < 1.29 is 18.8 Å². The Labute approximate surface area is 190 Å². The van der Waals surface area contributed by atoms with Gasteiger partial charge in [0, 0.05) is 30.4 Å². The average molecular weight is 454 g/mol. The van der Waals surface area contributed by atoms with E-state index in [-0.39, 0.29) is 42.1 Å². The Bertz CT molecular complexity index is 1090. The van der Waals surface area contributed by atoms with Gasteiger partial charge >= 0.3 is 0 Å². The number of anilines is 1. The number of rotatable bonds is 6. The molecule has 0 aliphatic carbocycles. The Morgan fingerprint density at radius 3 is 2.75 bits per heavy atom. The molecule has 2 aliphatic rings. The standard InChI is InChI=1S/C24H24FN3O3S/c1-16-10-11-17-6-3-5-9-20(17)28(16)15-22(29)26-12-13-27-23(30)21(32-24(27)31)14-18-7-2-4-8-19(18)25/h2-9,14,16H,10-13,15H2,1H3,(H,26,29)/b21-14+/t16-/m1/s1. The Hall–Kier alpha value is -3.13. The van der Waals surface area contributed by atoms with Crippen LogP contribution in [0.3, 0.4) is 0 Å². The number of imide groups is 1. The van der Waals surface area contributed by atoms with Crippen LogP contribution in [0.4, 0.5) is 14.9 Å². The highest BCUT2D eigenvalue weighted by molar-refractivity contribution is 8.18. The molecule has 1 saturated heterocycles. The van der Waals surface area contributed by atoms with Gasteiger partial charge in [0.1, 0.15) is 5.82 Å². The van der Waals surface area contributed by atoms with E-state index < -0.39 is 17.0 Å². The molecule has 166 valence electrons. The Balaban J connectivity index is 1.33. The van der Waals surface area contributed by atoms with E-state index in [1.165, 1.54) is 17.7 Å².